The molecular formula is C32H39FN2O5. The Balaban J connectivity index is 1.61. The second-order valence-corrected chi connectivity index (χ2v) is 9.90. The molecule has 0 fully saturated rings. The maximum absolute atomic E-state index is 13.3. The molecule has 214 valence electrons. The topological polar surface area (TPSA) is 88.1 Å². The zero-order valence-electron chi connectivity index (χ0n) is 23.7. The van der Waals surface area contributed by atoms with Crippen LogP contribution in [0.3, 0.4) is 0 Å². The first-order chi connectivity index (χ1) is 19.2. The zero-order chi connectivity index (χ0) is 29.1. The number of nitrogens with zero attached hydrogens (tertiary/aromatic N) is 1. The number of nitrogens with one attached hydrogen (secondary N) is 1. The number of anilines is 1. The van der Waals surface area contributed by atoms with Crippen LogP contribution in [0.5, 0.6) is 5.75 Å². The van der Waals surface area contributed by atoms with E-state index in [-0.39, 0.29) is 24.9 Å². The maximum atomic E-state index is 13.3. The summed E-state index contributed by atoms with van der Waals surface area (Å²) in [5.41, 5.74) is 5.80. The van der Waals surface area contributed by atoms with Crippen molar-refractivity contribution in [3.8, 4) is 5.75 Å². The number of carboxylic acids is 1. The van der Waals surface area contributed by atoms with Crippen molar-refractivity contribution >= 4 is 17.7 Å². The number of halogens is 1. The van der Waals surface area contributed by atoms with Gasteiger partial charge in [-0.15, -0.1) is 0 Å². The summed E-state index contributed by atoms with van der Waals surface area (Å²) in [5.74, 6) is -0.630. The highest BCUT2D eigenvalue weighted by molar-refractivity contribution is 5.91. The highest BCUT2D eigenvalue weighted by Gasteiger charge is 2.18. The van der Waals surface area contributed by atoms with Crippen LogP contribution in [-0.2, 0) is 22.4 Å². The Kier molecular flexibility index (Phi) is 11.5. The van der Waals surface area contributed by atoms with Gasteiger partial charge in [0.2, 0.25) is 0 Å². The van der Waals surface area contributed by atoms with Gasteiger partial charge in [-0.1, -0.05) is 42.0 Å². The van der Waals surface area contributed by atoms with Crippen molar-refractivity contribution in [2.75, 3.05) is 31.6 Å². The van der Waals surface area contributed by atoms with Crippen LogP contribution < -0.4 is 10.1 Å². The van der Waals surface area contributed by atoms with E-state index in [1.807, 2.05) is 45.0 Å². The number of aryl methyl sites for hydroxylation is 4. The number of hydrogen-bond donors (Lipinski definition) is 2. The van der Waals surface area contributed by atoms with Gasteiger partial charge in [-0.05, 0) is 87.1 Å². The van der Waals surface area contributed by atoms with Crippen LogP contribution in [0.4, 0.5) is 14.9 Å². The number of carbonyl (C=O) groups excluding carboxylic acids is 1. The number of hydrogen-bond acceptors (Lipinski definition) is 4. The Morgan fingerprint density at radius 1 is 0.950 bits per heavy atom. The van der Waals surface area contributed by atoms with E-state index in [0.29, 0.717) is 38.3 Å². The molecule has 0 bridgehead atoms. The minimum absolute atomic E-state index is 0.205. The number of rotatable bonds is 14. The Morgan fingerprint density at radius 2 is 1.57 bits per heavy atom. The molecule has 0 aromatic heterocycles. The lowest BCUT2D eigenvalue weighted by Gasteiger charge is -2.24. The zero-order valence-corrected chi connectivity index (χ0v) is 23.7. The van der Waals surface area contributed by atoms with Crippen molar-refractivity contribution in [3.05, 3.63) is 94.3 Å². The number of amides is 2. The van der Waals surface area contributed by atoms with Gasteiger partial charge in [0.05, 0.1) is 6.54 Å². The fraction of sp³-hybridized carbons (Fsp3) is 0.375. The van der Waals surface area contributed by atoms with Crippen molar-refractivity contribution in [2.24, 2.45) is 0 Å². The van der Waals surface area contributed by atoms with Crippen LogP contribution >= 0.6 is 0 Å². The van der Waals surface area contributed by atoms with Crippen LogP contribution in [0.1, 0.15) is 41.2 Å². The van der Waals surface area contributed by atoms with E-state index in [0.717, 1.165) is 33.5 Å². The summed E-state index contributed by atoms with van der Waals surface area (Å²) in [6, 6.07) is 17.5. The van der Waals surface area contributed by atoms with Gasteiger partial charge >= 0.3 is 12.0 Å². The summed E-state index contributed by atoms with van der Waals surface area (Å²) in [6.07, 6.45) is 0.807. The van der Waals surface area contributed by atoms with E-state index in [2.05, 4.69) is 5.32 Å². The summed E-state index contributed by atoms with van der Waals surface area (Å²) in [5, 5.41) is 12.4. The van der Waals surface area contributed by atoms with Gasteiger partial charge in [0.15, 0.2) is 6.10 Å². The maximum Gasteiger partial charge on any atom is 0.333 e. The largest absolute Gasteiger partial charge is 0.492 e. The fourth-order valence-electron chi connectivity index (χ4n) is 4.63. The highest BCUT2D eigenvalue weighted by Crippen LogP contribution is 2.22. The number of carboxylic acid groups (broad SMARTS) is 1. The SMILES string of the molecule is CCOC(Cc1ccc(OCCN(CCCc2ccc(F)cc2)C(=O)Nc2c(C)cc(C)cc2C)cc1)C(=O)O. The van der Waals surface area contributed by atoms with Gasteiger partial charge in [-0.25, -0.2) is 14.0 Å². The first-order valence-corrected chi connectivity index (χ1v) is 13.6. The summed E-state index contributed by atoms with van der Waals surface area (Å²) in [6.45, 7) is 9.24. The fourth-order valence-corrected chi connectivity index (χ4v) is 4.63. The van der Waals surface area contributed by atoms with Crippen molar-refractivity contribution in [1.29, 1.82) is 0 Å². The summed E-state index contributed by atoms with van der Waals surface area (Å²) in [7, 11) is 0. The van der Waals surface area contributed by atoms with E-state index in [9.17, 15) is 19.1 Å². The minimum atomic E-state index is -0.990. The average molecular weight is 551 g/mol. The lowest BCUT2D eigenvalue weighted by Crippen LogP contribution is -2.39. The summed E-state index contributed by atoms with van der Waals surface area (Å²) >= 11 is 0. The second kappa shape index (κ2) is 15.0. The highest BCUT2D eigenvalue weighted by atomic mass is 19.1. The van der Waals surface area contributed by atoms with E-state index < -0.39 is 12.1 Å². The molecule has 0 radical (unpaired) electrons. The second-order valence-electron chi connectivity index (χ2n) is 9.90. The quantitative estimate of drug-likeness (QED) is 0.245. The number of aliphatic carboxylic acids is 1. The average Bonchev–Trinajstić information content (AvgIpc) is 2.91. The lowest BCUT2D eigenvalue weighted by atomic mass is 10.1. The first kappa shape index (κ1) is 30.6. The molecule has 3 aromatic rings. The molecule has 3 rings (SSSR count). The molecule has 2 N–H and O–H groups in total. The molecule has 7 nitrogen and oxygen atoms in total. The molecule has 0 heterocycles. The van der Waals surface area contributed by atoms with Gasteiger partial charge < -0.3 is 24.8 Å². The number of benzene rings is 3. The van der Waals surface area contributed by atoms with E-state index in [1.54, 1.807) is 36.1 Å². The van der Waals surface area contributed by atoms with E-state index >= 15 is 0 Å². The third-order valence-corrected chi connectivity index (χ3v) is 6.62. The lowest BCUT2D eigenvalue weighted by molar-refractivity contribution is -0.149. The van der Waals surface area contributed by atoms with Crippen molar-refractivity contribution in [2.45, 2.75) is 53.1 Å². The molecule has 0 spiro atoms. The van der Waals surface area contributed by atoms with Gasteiger partial charge in [-0.2, -0.15) is 0 Å². The third kappa shape index (κ3) is 9.38. The Hall–Kier alpha value is -3.91. The molecule has 2 amide bonds. The smallest absolute Gasteiger partial charge is 0.333 e. The molecule has 8 heteroatoms. The number of carbonyl (C=O) groups is 2. The normalized spacial score (nSPS) is 11.6. The van der Waals surface area contributed by atoms with Crippen molar-refractivity contribution in [3.63, 3.8) is 0 Å². The van der Waals surface area contributed by atoms with Gasteiger partial charge in [0, 0.05) is 25.3 Å². The van der Waals surface area contributed by atoms with Crippen LogP contribution in [-0.4, -0.2) is 54.4 Å². The molecule has 0 aliphatic heterocycles. The molecule has 0 aliphatic rings. The number of urea groups is 1. The van der Waals surface area contributed by atoms with Crippen molar-refractivity contribution in [1.82, 2.24) is 4.90 Å². The summed E-state index contributed by atoms with van der Waals surface area (Å²) in [4.78, 5) is 26.4. The molecule has 0 saturated carbocycles. The van der Waals surface area contributed by atoms with Crippen LogP contribution in [0.25, 0.3) is 0 Å². The monoisotopic (exact) mass is 550 g/mol. The Labute approximate surface area is 235 Å². The van der Waals surface area contributed by atoms with Gasteiger partial charge in [0.25, 0.3) is 0 Å². The Morgan fingerprint density at radius 3 is 2.17 bits per heavy atom. The van der Waals surface area contributed by atoms with E-state index in [4.69, 9.17) is 9.47 Å². The summed E-state index contributed by atoms with van der Waals surface area (Å²) < 4.78 is 24.5. The predicted octanol–water partition coefficient (Wildman–Crippen LogP) is 6.33. The molecule has 40 heavy (non-hydrogen) atoms. The minimum Gasteiger partial charge on any atom is -0.492 e. The molecule has 3 aromatic carbocycles. The predicted molar refractivity (Wildman–Crippen MR) is 155 cm³/mol. The molecular weight excluding hydrogens is 511 g/mol. The molecule has 0 aliphatic carbocycles. The molecule has 1 unspecified atom stereocenters. The van der Waals surface area contributed by atoms with Crippen LogP contribution in [0.15, 0.2) is 60.7 Å². The standard InChI is InChI=1S/C32H39FN2O5/c1-5-39-29(31(36)37)21-26-10-14-28(15-11-26)40-18-17-35(16-6-7-25-8-12-27(33)13-9-25)32(38)34-30-23(3)19-22(2)20-24(30)4/h8-15,19-20,29H,5-7,16-18,21H2,1-4H3,(H,34,38)(H,36,37). The third-order valence-electron chi connectivity index (χ3n) is 6.62. The molecule has 1 atom stereocenters. The Bertz CT molecular complexity index is 1240. The van der Waals surface area contributed by atoms with Crippen LogP contribution in [0.2, 0.25) is 0 Å². The molecule has 0 saturated heterocycles. The number of ether oxygens (including phenoxy) is 2. The first-order valence-electron chi connectivity index (χ1n) is 13.6. The van der Waals surface area contributed by atoms with Crippen LogP contribution in [0, 0.1) is 26.6 Å². The van der Waals surface area contributed by atoms with Gasteiger partial charge in [-0.3, -0.25) is 0 Å². The van der Waals surface area contributed by atoms with Crippen molar-refractivity contribution < 1.29 is 28.6 Å². The van der Waals surface area contributed by atoms with E-state index in [1.165, 1.54) is 12.1 Å². The van der Waals surface area contributed by atoms with Gasteiger partial charge in [0.1, 0.15) is 18.2 Å².